The Balaban J connectivity index is 1.49. The number of esters is 1. The standard InChI is InChI=1S/C21H31N3O4/c1-14-6-5-7-17(15(14)2)24-11-16(10-19(24)26)20(27)28-12-18(25)23-21(13-22)8-3-4-9-21/h14-17H,3-12H2,1-2H3,(H,23,25)/t14-,15-,16-,17-/m1/s1. The first-order chi connectivity index (χ1) is 13.3. The van der Waals surface area contributed by atoms with Crippen molar-refractivity contribution in [1.82, 2.24) is 10.2 Å². The third-order valence-corrected chi connectivity index (χ3v) is 6.95. The Morgan fingerprint density at radius 1 is 1.25 bits per heavy atom. The van der Waals surface area contributed by atoms with E-state index < -0.39 is 29.9 Å². The van der Waals surface area contributed by atoms with Crippen LogP contribution in [0.1, 0.15) is 65.2 Å². The molecular weight excluding hydrogens is 358 g/mol. The summed E-state index contributed by atoms with van der Waals surface area (Å²) in [5.41, 5.74) is -0.822. The molecule has 1 aliphatic heterocycles. The van der Waals surface area contributed by atoms with E-state index in [-0.39, 0.29) is 18.4 Å². The third kappa shape index (κ3) is 4.31. The summed E-state index contributed by atoms with van der Waals surface area (Å²) in [4.78, 5) is 38.9. The van der Waals surface area contributed by atoms with Crippen molar-refractivity contribution >= 4 is 17.8 Å². The first-order valence-corrected chi connectivity index (χ1v) is 10.5. The summed E-state index contributed by atoms with van der Waals surface area (Å²) in [6.45, 7) is 4.39. The van der Waals surface area contributed by atoms with Crippen LogP contribution in [0.25, 0.3) is 0 Å². The van der Waals surface area contributed by atoms with Crippen LogP contribution in [0.4, 0.5) is 0 Å². The number of nitrogens with zero attached hydrogens (tertiary/aromatic N) is 2. The molecule has 2 aliphatic carbocycles. The average molecular weight is 389 g/mol. The first kappa shape index (κ1) is 20.6. The molecule has 2 saturated carbocycles. The van der Waals surface area contributed by atoms with Crippen LogP contribution in [0.5, 0.6) is 0 Å². The van der Waals surface area contributed by atoms with Crippen LogP contribution < -0.4 is 5.32 Å². The molecule has 3 aliphatic rings. The lowest BCUT2D eigenvalue weighted by molar-refractivity contribution is -0.152. The fourth-order valence-electron chi connectivity index (χ4n) is 5.00. The summed E-state index contributed by atoms with van der Waals surface area (Å²) >= 11 is 0. The Bertz CT molecular complexity index is 665. The van der Waals surface area contributed by atoms with Crippen molar-refractivity contribution in [3.63, 3.8) is 0 Å². The molecule has 1 saturated heterocycles. The van der Waals surface area contributed by atoms with Gasteiger partial charge in [-0.05, 0) is 43.9 Å². The van der Waals surface area contributed by atoms with Gasteiger partial charge in [0.2, 0.25) is 5.91 Å². The molecule has 7 heteroatoms. The molecule has 0 aromatic heterocycles. The van der Waals surface area contributed by atoms with Gasteiger partial charge < -0.3 is 15.0 Å². The number of hydrogen-bond acceptors (Lipinski definition) is 5. The van der Waals surface area contributed by atoms with Crippen LogP contribution >= 0.6 is 0 Å². The Morgan fingerprint density at radius 2 is 1.96 bits per heavy atom. The topological polar surface area (TPSA) is 99.5 Å². The van der Waals surface area contributed by atoms with Crippen molar-refractivity contribution in [3.05, 3.63) is 0 Å². The number of nitriles is 1. The van der Waals surface area contributed by atoms with Gasteiger partial charge in [-0.1, -0.05) is 26.7 Å². The van der Waals surface area contributed by atoms with Crippen molar-refractivity contribution in [3.8, 4) is 6.07 Å². The van der Waals surface area contributed by atoms with Gasteiger partial charge in [0, 0.05) is 19.0 Å². The molecule has 3 fully saturated rings. The smallest absolute Gasteiger partial charge is 0.311 e. The molecule has 4 atom stereocenters. The van der Waals surface area contributed by atoms with Gasteiger partial charge in [0.25, 0.3) is 5.91 Å². The zero-order chi connectivity index (χ0) is 20.3. The summed E-state index contributed by atoms with van der Waals surface area (Å²) in [6.07, 6.45) is 6.51. The molecule has 154 valence electrons. The van der Waals surface area contributed by atoms with Crippen LogP contribution in [0, 0.1) is 29.1 Å². The van der Waals surface area contributed by atoms with E-state index in [9.17, 15) is 19.6 Å². The summed E-state index contributed by atoms with van der Waals surface area (Å²) in [6, 6.07) is 2.37. The van der Waals surface area contributed by atoms with Gasteiger partial charge in [-0.2, -0.15) is 5.26 Å². The molecule has 28 heavy (non-hydrogen) atoms. The van der Waals surface area contributed by atoms with E-state index in [0.717, 1.165) is 25.7 Å². The maximum absolute atomic E-state index is 12.5. The summed E-state index contributed by atoms with van der Waals surface area (Å²) in [7, 11) is 0. The van der Waals surface area contributed by atoms with E-state index in [0.29, 0.717) is 31.2 Å². The van der Waals surface area contributed by atoms with Crippen LogP contribution in [-0.2, 0) is 19.1 Å². The van der Waals surface area contributed by atoms with Gasteiger partial charge in [0.05, 0.1) is 12.0 Å². The van der Waals surface area contributed by atoms with E-state index in [1.807, 2.05) is 4.90 Å². The van der Waals surface area contributed by atoms with Crippen molar-refractivity contribution in [2.24, 2.45) is 17.8 Å². The molecule has 0 bridgehead atoms. The molecular formula is C21H31N3O4. The highest BCUT2D eigenvalue weighted by molar-refractivity contribution is 5.88. The summed E-state index contributed by atoms with van der Waals surface area (Å²) in [5.74, 6) is -0.461. The maximum atomic E-state index is 12.5. The van der Waals surface area contributed by atoms with Gasteiger partial charge in [-0.3, -0.25) is 14.4 Å². The van der Waals surface area contributed by atoms with Crippen LogP contribution in [0.2, 0.25) is 0 Å². The predicted molar refractivity (Wildman–Crippen MR) is 102 cm³/mol. The molecule has 7 nitrogen and oxygen atoms in total. The fourth-order valence-corrected chi connectivity index (χ4v) is 5.00. The third-order valence-electron chi connectivity index (χ3n) is 6.95. The molecule has 2 amide bonds. The monoisotopic (exact) mass is 389 g/mol. The van der Waals surface area contributed by atoms with Gasteiger partial charge in [-0.15, -0.1) is 0 Å². The van der Waals surface area contributed by atoms with Crippen molar-refractivity contribution < 1.29 is 19.1 Å². The molecule has 0 spiro atoms. The van der Waals surface area contributed by atoms with E-state index in [1.54, 1.807) is 0 Å². The second-order valence-corrected chi connectivity index (χ2v) is 8.84. The second-order valence-electron chi connectivity index (χ2n) is 8.84. The number of rotatable bonds is 5. The summed E-state index contributed by atoms with van der Waals surface area (Å²) in [5, 5.41) is 12.0. The predicted octanol–water partition coefficient (Wildman–Crippen LogP) is 2.16. The molecule has 0 radical (unpaired) electrons. The number of amides is 2. The molecule has 1 N–H and O–H groups in total. The van der Waals surface area contributed by atoms with E-state index in [1.165, 1.54) is 6.42 Å². The SMILES string of the molecule is C[C@@H]1[C@H](C)CCC[C@H]1N1C[C@H](C(=O)OCC(=O)NC2(C#N)CCCC2)CC1=O. The molecule has 3 rings (SSSR count). The van der Waals surface area contributed by atoms with E-state index in [4.69, 9.17) is 4.74 Å². The zero-order valence-corrected chi connectivity index (χ0v) is 16.9. The summed E-state index contributed by atoms with van der Waals surface area (Å²) < 4.78 is 5.18. The van der Waals surface area contributed by atoms with Crippen LogP contribution in [-0.4, -0.2) is 47.4 Å². The molecule has 0 aromatic rings. The molecule has 0 unspecified atom stereocenters. The van der Waals surface area contributed by atoms with E-state index in [2.05, 4.69) is 25.2 Å². The van der Waals surface area contributed by atoms with Gasteiger partial charge >= 0.3 is 5.97 Å². The van der Waals surface area contributed by atoms with Crippen molar-refractivity contribution in [2.45, 2.75) is 76.8 Å². The Morgan fingerprint density at radius 3 is 2.64 bits per heavy atom. The minimum atomic E-state index is -0.822. The average Bonchev–Trinajstić information content (AvgIpc) is 3.29. The zero-order valence-electron chi connectivity index (χ0n) is 16.9. The molecule has 1 heterocycles. The highest BCUT2D eigenvalue weighted by Crippen LogP contribution is 2.36. The Kier molecular flexibility index (Phi) is 6.26. The largest absolute Gasteiger partial charge is 0.455 e. The number of hydrogen-bond donors (Lipinski definition) is 1. The van der Waals surface area contributed by atoms with Crippen molar-refractivity contribution in [2.75, 3.05) is 13.2 Å². The lowest BCUT2D eigenvalue weighted by Crippen LogP contribution is -2.47. The first-order valence-electron chi connectivity index (χ1n) is 10.5. The van der Waals surface area contributed by atoms with Gasteiger partial charge in [0.15, 0.2) is 6.61 Å². The highest BCUT2D eigenvalue weighted by Gasteiger charge is 2.42. The normalized spacial score (nSPS) is 32.0. The Labute approximate surface area is 166 Å². The number of carbonyl (C=O) groups is 3. The minimum Gasteiger partial charge on any atom is -0.455 e. The van der Waals surface area contributed by atoms with Crippen LogP contribution in [0.3, 0.4) is 0 Å². The maximum Gasteiger partial charge on any atom is 0.311 e. The number of likely N-dealkylation sites (tertiary alicyclic amines) is 1. The number of ether oxygens (including phenoxy) is 1. The second kappa shape index (κ2) is 8.50. The minimum absolute atomic E-state index is 0.00624. The molecule has 0 aromatic carbocycles. The highest BCUT2D eigenvalue weighted by atomic mass is 16.5. The lowest BCUT2D eigenvalue weighted by Gasteiger charge is -2.39. The van der Waals surface area contributed by atoms with E-state index >= 15 is 0 Å². The number of carbonyl (C=O) groups excluding carboxylic acids is 3. The van der Waals surface area contributed by atoms with Gasteiger partial charge in [-0.25, -0.2) is 0 Å². The lowest BCUT2D eigenvalue weighted by atomic mass is 9.77. The number of nitrogens with one attached hydrogen (secondary N) is 1. The fraction of sp³-hybridized carbons (Fsp3) is 0.810. The van der Waals surface area contributed by atoms with Crippen LogP contribution in [0.15, 0.2) is 0 Å². The van der Waals surface area contributed by atoms with Crippen molar-refractivity contribution in [1.29, 1.82) is 5.26 Å². The van der Waals surface area contributed by atoms with Gasteiger partial charge in [0.1, 0.15) is 5.54 Å². The quantitative estimate of drug-likeness (QED) is 0.726. The Hall–Kier alpha value is -2.10.